The van der Waals surface area contributed by atoms with Gasteiger partial charge in [0.15, 0.2) is 12.0 Å². The molecule has 0 amide bonds. The molecule has 3 aromatic rings. The van der Waals surface area contributed by atoms with Crippen LogP contribution >= 0.6 is 11.6 Å². The minimum absolute atomic E-state index is 0.253. The van der Waals surface area contributed by atoms with Crippen LogP contribution in [0, 0.1) is 0 Å². The summed E-state index contributed by atoms with van der Waals surface area (Å²) in [6.45, 7) is 2.48. The molecule has 0 unspecified atom stereocenters. The van der Waals surface area contributed by atoms with Gasteiger partial charge in [-0.2, -0.15) is 4.36 Å². The Morgan fingerprint density at radius 3 is 2.42 bits per heavy atom. The van der Waals surface area contributed by atoms with Crippen LogP contribution in [0.1, 0.15) is 12.6 Å². The average molecular weight is 554 g/mol. The van der Waals surface area contributed by atoms with Crippen LogP contribution in [0.3, 0.4) is 0 Å². The third-order valence-electron chi connectivity index (χ3n) is 7.06. The molecule has 6 rings (SSSR count). The van der Waals surface area contributed by atoms with Crippen molar-refractivity contribution in [3.05, 3.63) is 65.3 Å². The van der Waals surface area contributed by atoms with Gasteiger partial charge in [-0.3, -0.25) is 0 Å². The van der Waals surface area contributed by atoms with Crippen molar-refractivity contribution in [2.45, 2.75) is 37.8 Å². The Hall–Kier alpha value is -2.82. The standard InChI is InChI=1S/C28H28ClN3O5S/c1-3-38(2,34)32-19-10-8-17(9-11-19)16-4-6-18(7-5-16)26-20(29)12-21-22(31-26)13-25(30-21)37-24-15-36-27-23(33)14-35-28(24)27/h4-12,23-24,27-28,33H,3,13-15H2,1-2H3/t23-,24-,27-,28-,38+/m1/s1. The van der Waals surface area contributed by atoms with E-state index in [1.165, 1.54) is 0 Å². The summed E-state index contributed by atoms with van der Waals surface area (Å²) in [6.07, 6.45) is 0.546. The molecule has 0 bridgehead atoms. The van der Waals surface area contributed by atoms with Crippen LogP contribution < -0.4 is 0 Å². The third-order valence-corrected chi connectivity index (χ3v) is 9.01. The molecule has 4 heterocycles. The molecule has 0 aliphatic carbocycles. The predicted molar refractivity (Wildman–Crippen MR) is 148 cm³/mol. The number of aliphatic hydroxyl groups excluding tert-OH is 1. The first-order chi connectivity index (χ1) is 18.3. The maximum atomic E-state index is 12.3. The normalized spacial score (nSPS) is 25.4. The summed E-state index contributed by atoms with van der Waals surface area (Å²) in [5, 5.41) is 10.5. The lowest BCUT2D eigenvalue weighted by Gasteiger charge is -2.17. The van der Waals surface area contributed by atoms with Crippen LogP contribution in [-0.2, 0) is 30.4 Å². The summed E-state index contributed by atoms with van der Waals surface area (Å²) in [4.78, 5) is 9.39. The van der Waals surface area contributed by atoms with Gasteiger partial charge in [-0.05, 0) is 29.3 Å². The van der Waals surface area contributed by atoms with Crippen molar-refractivity contribution in [1.82, 2.24) is 4.98 Å². The maximum absolute atomic E-state index is 12.3. The molecule has 2 aromatic carbocycles. The lowest BCUT2D eigenvalue weighted by Crippen LogP contribution is -2.34. The Morgan fingerprint density at radius 2 is 1.71 bits per heavy atom. The fourth-order valence-electron chi connectivity index (χ4n) is 4.87. The van der Waals surface area contributed by atoms with Crippen LogP contribution in [0.2, 0.25) is 5.02 Å². The number of aliphatic imine (C=N–C) groups is 1. The Kier molecular flexibility index (Phi) is 6.74. The predicted octanol–water partition coefficient (Wildman–Crippen LogP) is 4.95. The Balaban J connectivity index is 1.16. The van der Waals surface area contributed by atoms with Gasteiger partial charge < -0.3 is 19.3 Å². The van der Waals surface area contributed by atoms with Crippen molar-refractivity contribution in [1.29, 1.82) is 0 Å². The molecule has 0 spiro atoms. The van der Waals surface area contributed by atoms with Gasteiger partial charge in [-0.15, -0.1) is 0 Å². The SMILES string of the molecule is CC[S@](C)(=O)=Nc1ccc(-c2ccc(-c3nc4c(cc3Cl)N=C(O[C@@H]3CO[C@H]5[C@@H]3OC[C@H]5O)C4)cc2)cc1. The van der Waals surface area contributed by atoms with E-state index >= 15 is 0 Å². The number of hydrogen-bond donors (Lipinski definition) is 1. The summed E-state index contributed by atoms with van der Waals surface area (Å²) < 4.78 is 34.0. The molecule has 0 saturated carbocycles. The molecule has 0 radical (unpaired) electrons. The first-order valence-corrected chi connectivity index (χ1v) is 15.0. The molecule has 2 fully saturated rings. The van der Waals surface area contributed by atoms with E-state index in [4.69, 9.17) is 30.8 Å². The number of aliphatic hydroxyl groups is 1. The molecule has 1 N–H and O–H groups in total. The first-order valence-electron chi connectivity index (χ1n) is 12.6. The molecular formula is C28H28ClN3O5S. The average Bonchev–Trinajstić information content (AvgIpc) is 3.60. The molecule has 38 heavy (non-hydrogen) atoms. The molecular weight excluding hydrogens is 526 g/mol. The lowest BCUT2D eigenvalue weighted by molar-refractivity contribution is 0.00558. The van der Waals surface area contributed by atoms with Gasteiger partial charge in [-0.25, -0.2) is 14.2 Å². The molecule has 10 heteroatoms. The van der Waals surface area contributed by atoms with Crippen LogP contribution in [0.15, 0.2) is 64.0 Å². The highest BCUT2D eigenvalue weighted by Gasteiger charge is 2.49. The number of hydrogen-bond acceptors (Lipinski definition) is 8. The van der Waals surface area contributed by atoms with E-state index < -0.39 is 15.8 Å². The maximum Gasteiger partial charge on any atom is 0.195 e. The van der Waals surface area contributed by atoms with Gasteiger partial charge in [0, 0.05) is 27.3 Å². The van der Waals surface area contributed by atoms with Crippen LogP contribution in [-0.4, -0.2) is 69.8 Å². The first kappa shape index (κ1) is 25.5. The number of nitrogens with zero attached hydrogens (tertiary/aromatic N) is 3. The van der Waals surface area contributed by atoms with E-state index in [0.717, 1.165) is 22.4 Å². The van der Waals surface area contributed by atoms with Crippen molar-refractivity contribution in [3.63, 3.8) is 0 Å². The van der Waals surface area contributed by atoms with Crippen molar-refractivity contribution in [2.75, 3.05) is 25.2 Å². The molecule has 1 aromatic heterocycles. The second-order valence-electron chi connectivity index (χ2n) is 9.75. The van der Waals surface area contributed by atoms with Crippen molar-refractivity contribution >= 4 is 38.6 Å². The highest BCUT2D eigenvalue weighted by Crippen LogP contribution is 2.37. The van der Waals surface area contributed by atoms with Gasteiger partial charge in [0.05, 0.1) is 47.4 Å². The Labute approximate surface area is 226 Å². The molecule has 5 atom stereocenters. The minimum Gasteiger partial charge on any atom is -0.472 e. The molecule has 3 aliphatic heterocycles. The van der Waals surface area contributed by atoms with Gasteiger partial charge in [0.2, 0.25) is 0 Å². The van der Waals surface area contributed by atoms with Crippen molar-refractivity contribution in [2.24, 2.45) is 9.36 Å². The topological polar surface area (TPSA) is 103 Å². The smallest absolute Gasteiger partial charge is 0.195 e. The second kappa shape index (κ2) is 10.1. The van der Waals surface area contributed by atoms with E-state index in [2.05, 4.69) is 9.36 Å². The zero-order chi connectivity index (χ0) is 26.4. The third kappa shape index (κ3) is 4.97. The number of rotatable bonds is 5. The molecule has 2 saturated heterocycles. The number of halogens is 1. The number of aromatic nitrogens is 1. The minimum atomic E-state index is -2.19. The van der Waals surface area contributed by atoms with Gasteiger partial charge in [-0.1, -0.05) is 54.9 Å². The molecule has 198 valence electrons. The summed E-state index contributed by atoms with van der Waals surface area (Å²) >= 11 is 6.61. The monoisotopic (exact) mass is 553 g/mol. The summed E-state index contributed by atoms with van der Waals surface area (Å²) in [6, 6.07) is 17.6. The Morgan fingerprint density at radius 1 is 1.05 bits per heavy atom. The summed E-state index contributed by atoms with van der Waals surface area (Å²) in [7, 11) is -2.19. The van der Waals surface area contributed by atoms with E-state index in [0.29, 0.717) is 46.8 Å². The summed E-state index contributed by atoms with van der Waals surface area (Å²) in [5.41, 5.74) is 5.87. The highest BCUT2D eigenvalue weighted by molar-refractivity contribution is 7.93. The quantitative estimate of drug-likeness (QED) is 0.480. The fraction of sp³-hybridized carbons (Fsp3) is 0.357. The number of fused-ring (bicyclic) bond motifs is 2. The van der Waals surface area contributed by atoms with E-state index in [9.17, 15) is 9.32 Å². The largest absolute Gasteiger partial charge is 0.472 e. The van der Waals surface area contributed by atoms with Crippen LogP contribution in [0.5, 0.6) is 0 Å². The zero-order valence-electron chi connectivity index (χ0n) is 21.0. The van der Waals surface area contributed by atoms with Crippen molar-refractivity contribution in [3.8, 4) is 22.4 Å². The highest BCUT2D eigenvalue weighted by atomic mass is 35.5. The lowest BCUT2D eigenvalue weighted by atomic mass is 10.0. The van der Waals surface area contributed by atoms with Crippen LogP contribution in [0.4, 0.5) is 11.4 Å². The number of pyridine rings is 1. The molecule has 8 nitrogen and oxygen atoms in total. The van der Waals surface area contributed by atoms with Crippen molar-refractivity contribution < 1.29 is 23.5 Å². The molecule has 3 aliphatic rings. The summed E-state index contributed by atoms with van der Waals surface area (Å²) in [5.74, 6) is 1.06. The number of ether oxygens (including phenoxy) is 3. The second-order valence-corrected chi connectivity index (χ2v) is 12.8. The Bertz CT molecular complexity index is 1520. The van der Waals surface area contributed by atoms with Gasteiger partial charge >= 0.3 is 0 Å². The van der Waals surface area contributed by atoms with E-state index in [1.807, 2.05) is 61.5 Å². The van der Waals surface area contributed by atoms with Crippen LogP contribution in [0.25, 0.3) is 22.4 Å². The van der Waals surface area contributed by atoms with Gasteiger partial charge in [0.1, 0.15) is 18.3 Å². The van der Waals surface area contributed by atoms with E-state index in [1.54, 1.807) is 6.26 Å². The van der Waals surface area contributed by atoms with Gasteiger partial charge in [0.25, 0.3) is 0 Å². The zero-order valence-corrected chi connectivity index (χ0v) is 22.6. The number of benzene rings is 2. The fourth-order valence-corrected chi connectivity index (χ4v) is 5.83. The van der Waals surface area contributed by atoms with E-state index in [-0.39, 0.29) is 24.9 Å².